The zero-order valence-corrected chi connectivity index (χ0v) is 14.6. The third kappa shape index (κ3) is 2.32. The van der Waals surface area contributed by atoms with Crippen molar-refractivity contribution >= 4 is 5.97 Å². The molecule has 1 aromatic carbocycles. The molecule has 0 aromatic heterocycles. The van der Waals surface area contributed by atoms with Crippen LogP contribution in [0.3, 0.4) is 0 Å². The van der Waals surface area contributed by atoms with Crippen LogP contribution in [-0.4, -0.2) is 23.8 Å². The van der Waals surface area contributed by atoms with Crippen LogP contribution in [0.5, 0.6) is 0 Å². The van der Waals surface area contributed by atoms with Gasteiger partial charge in [0.25, 0.3) is 0 Å². The SMILES string of the molecule is CCC(C)C1C2C(O)C3CCC3C1C2COC(=O)c1ccccc1. The topological polar surface area (TPSA) is 46.5 Å². The van der Waals surface area contributed by atoms with E-state index in [1.54, 1.807) is 12.1 Å². The first kappa shape index (κ1) is 16.1. The minimum Gasteiger partial charge on any atom is -0.462 e. The van der Waals surface area contributed by atoms with E-state index < -0.39 is 0 Å². The minimum atomic E-state index is -0.236. The van der Waals surface area contributed by atoms with Crippen molar-refractivity contribution in [1.82, 2.24) is 0 Å². The summed E-state index contributed by atoms with van der Waals surface area (Å²) in [5, 5.41) is 10.8. The van der Waals surface area contributed by atoms with Crippen LogP contribution in [0.1, 0.15) is 43.5 Å². The van der Waals surface area contributed by atoms with E-state index in [2.05, 4.69) is 13.8 Å². The van der Waals surface area contributed by atoms with Crippen LogP contribution in [0, 0.1) is 41.4 Å². The maximum Gasteiger partial charge on any atom is 0.338 e. The largest absolute Gasteiger partial charge is 0.462 e. The normalized spacial score (nSPS) is 40.7. The highest BCUT2D eigenvalue weighted by atomic mass is 16.5. The Labute approximate surface area is 144 Å². The van der Waals surface area contributed by atoms with Gasteiger partial charge in [-0.3, -0.25) is 0 Å². The van der Waals surface area contributed by atoms with Crippen LogP contribution in [0.4, 0.5) is 0 Å². The highest BCUT2D eigenvalue weighted by Crippen LogP contribution is 2.67. The number of hydrogen-bond acceptors (Lipinski definition) is 3. The summed E-state index contributed by atoms with van der Waals surface area (Å²) >= 11 is 0. The van der Waals surface area contributed by atoms with Gasteiger partial charge in [-0.15, -0.1) is 0 Å². The number of aliphatic hydroxyl groups excluding tert-OH is 1. The first-order chi connectivity index (χ1) is 11.6. The van der Waals surface area contributed by atoms with Crippen LogP contribution in [0.2, 0.25) is 0 Å². The minimum absolute atomic E-state index is 0.187. The predicted molar refractivity (Wildman–Crippen MR) is 92.4 cm³/mol. The van der Waals surface area contributed by atoms with Crippen molar-refractivity contribution in [3.05, 3.63) is 35.9 Å². The number of hydrogen-bond donors (Lipinski definition) is 1. The standard InChI is InChI=1S/C21H28O3/c1-3-12(2)17-18-14-9-10-15(14)20(22)19(17)16(18)11-24-21(23)13-7-5-4-6-8-13/h4-8,12,14-20,22H,3,9-11H2,1-2H3. The zero-order chi connectivity index (χ0) is 16.8. The van der Waals surface area contributed by atoms with Crippen molar-refractivity contribution in [2.75, 3.05) is 6.61 Å². The van der Waals surface area contributed by atoms with Crippen LogP contribution < -0.4 is 0 Å². The van der Waals surface area contributed by atoms with E-state index in [1.807, 2.05) is 18.2 Å². The second-order valence-electron chi connectivity index (χ2n) is 8.14. The van der Waals surface area contributed by atoms with Crippen LogP contribution in [-0.2, 0) is 4.74 Å². The second-order valence-corrected chi connectivity index (χ2v) is 8.14. The summed E-state index contributed by atoms with van der Waals surface area (Å²) in [6, 6.07) is 9.20. The number of aliphatic hydroxyl groups is 1. The molecule has 0 saturated heterocycles. The predicted octanol–water partition coefficient (Wildman–Crippen LogP) is 3.77. The molecule has 130 valence electrons. The molecule has 8 atom stereocenters. The molecule has 1 N–H and O–H groups in total. The molecule has 0 spiro atoms. The highest BCUT2D eigenvalue weighted by molar-refractivity contribution is 5.89. The van der Waals surface area contributed by atoms with Gasteiger partial charge >= 0.3 is 5.97 Å². The number of benzene rings is 1. The van der Waals surface area contributed by atoms with Crippen molar-refractivity contribution in [2.24, 2.45) is 41.4 Å². The highest BCUT2D eigenvalue weighted by Gasteiger charge is 2.66. The van der Waals surface area contributed by atoms with Gasteiger partial charge in [-0.05, 0) is 60.5 Å². The van der Waals surface area contributed by atoms with Gasteiger partial charge < -0.3 is 9.84 Å². The Balaban J connectivity index is 1.45. The Hall–Kier alpha value is -1.35. The number of fused-ring (bicyclic) bond motifs is 4. The lowest BCUT2D eigenvalue weighted by atomic mass is 9.37. The summed E-state index contributed by atoms with van der Waals surface area (Å²) < 4.78 is 5.64. The summed E-state index contributed by atoms with van der Waals surface area (Å²) in [7, 11) is 0. The quantitative estimate of drug-likeness (QED) is 0.837. The van der Waals surface area contributed by atoms with Crippen LogP contribution >= 0.6 is 0 Å². The van der Waals surface area contributed by atoms with Crippen molar-refractivity contribution in [3.63, 3.8) is 0 Å². The zero-order valence-electron chi connectivity index (χ0n) is 14.6. The van der Waals surface area contributed by atoms with Crippen molar-refractivity contribution in [1.29, 1.82) is 0 Å². The van der Waals surface area contributed by atoms with E-state index in [9.17, 15) is 9.90 Å². The monoisotopic (exact) mass is 328 g/mol. The fraction of sp³-hybridized carbons (Fsp3) is 0.667. The molecule has 24 heavy (non-hydrogen) atoms. The molecule has 3 fully saturated rings. The first-order valence-corrected chi connectivity index (χ1v) is 9.53. The molecule has 0 aliphatic heterocycles. The summed E-state index contributed by atoms with van der Waals surface area (Å²) in [5.74, 6) is 3.54. The molecule has 3 heteroatoms. The average Bonchev–Trinajstić information content (AvgIpc) is 2.56. The van der Waals surface area contributed by atoms with E-state index in [-0.39, 0.29) is 12.1 Å². The molecule has 0 amide bonds. The van der Waals surface area contributed by atoms with E-state index in [1.165, 1.54) is 12.8 Å². The van der Waals surface area contributed by atoms with Gasteiger partial charge in [0.15, 0.2) is 0 Å². The number of rotatable bonds is 5. The van der Waals surface area contributed by atoms with Crippen molar-refractivity contribution < 1.29 is 14.6 Å². The van der Waals surface area contributed by atoms with Crippen LogP contribution in [0.25, 0.3) is 0 Å². The molecule has 3 nitrogen and oxygen atoms in total. The summed E-state index contributed by atoms with van der Waals surface area (Å²) in [6.45, 7) is 5.03. The molecule has 1 aromatic rings. The average molecular weight is 328 g/mol. The van der Waals surface area contributed by atoms with E-state index in [0.29, 0.717) is 53.6 Å². The Kier molecular flexibility index (Phi) is 4.16. The molecule has 8 unspecified atom stereocenters. The van der Waals surface area contributed by atoms with Gasteiger partial charge in [-0.25, -0.2) is 4.79 Å². The van der Waals surface area contributed by atoms with E-state index in [0.717, 1.165) is 6.42 Å². The molecule has 4 rings (SSSR count). The molecule has 2 bridgehead atoms. The summed E-state index contributed by atoms with van der Waals surface area (Å²) in [6.07, 6.45) is 3.41. The van der Waals surface area contributed by atoms with E-state index in [4.69, 9.17) is 4.74 Å². The maximum atomic E-state index is 12.2. The molecular formula is C21H28O3. The smallest absolute Gasteiger partial charge is 0.338 e. The van der Waals surface area contributed by atoms with Crippen LogP contribution in [0.15, 0.2) is 30.3 Å². The van der Waals surface area contributed by atoms with Gasteiger partial charge in [0.2, 0.25) is 0 Å². The lowest BCUT2D eigenvalue weighted by Crippen LogP contribution is -2.69. The molecule has 3 saturated carbocycles. The Morgan fingerprint density at radius 1 is 1.21 bits per heavy atom. The molecule has 3 aliphatic carbocycles. The van der Waals surface area contributed by atoms with Gasteiger partial charge in [-0.2, -0.15) is 0 Å². The number of esters is 1. The molecule has 0 radical (unpaired) electrons. The summed E-state index contributed by atoms with van der Waals surface area (Å²) in [5.41, 5.74) is 0.613. The maximum absolute atomic E-state index is 12.2. The molecule has 3 aliphatic rings. The van der Waals surface area contributed by atoms with Crippen molar-refractivity contribution in [3.8, 4) is 0 Å². The first-order valence-electron chi connectivity index (χ1n) is 9.53. The van der Waals surface area contributed by atoms with Gasteiger partial charge in [-0.1, -0.05) is 38.5 Å². The Morgan fingerprint density at radius 3 is 2.50 bits per heavy atom. The van der Waals surface area contributed by atoms with E-state index >= 15 is 0 Å². The van der Waals surface area contributed by atoms with Crippen molar-refractivity contribution in [2.45, 2.75) is 39.2 Å². The van der Waals surface area contributed by atoms with Gasteiger partial charge in [0.1, 0.15) is 0 Å². The number of carbonyl (C=O) groups is 1. The molecular weight excluding hydrogens is 300 g/mol. The number of ether oxygens (including phenoxy) is 1. The number of carbonyl (C=O) groups excluding carboxylic acids is 1. The van der Waals surface area contributed by atoms with Gasteiger partial charge in [0.05, 0.1) is 18.3 Å². The fourth-order valence-corrected chi connectivity index (χ4v) is 5.84. The lowest BCUT2D eigenvalue weighted by Gasteiger charge is -2.69. The second kappa shape index (κ2) is 6.18. The summed E-state index contributed by atoms with van der Waals surface area (Å²) in [4.78, 5) is 12.2. The third-order valence-corrected chi connectivity index (χ3v) is 7.31. The fourth-order valence-electron chi connectivity index (χ4n) is 5.84. The Bertz CT molecular complexity index is 584. The molecule has 0 heterocycles. The Morgan fingerprint density at radius 2 is 1.92 bits per heavy atom. The van der Waals surface area contributed by atoms with Gasteiger partial charge in [0, 0.05) is 5.92 Å². The lowest BCUT2D eigenvalue weighted by molar-refractivity contribution is -0.257. The third-order valence-electron chi connectivity index (χ3n) is 7.31.